The van der Waals surface area contributed by atoms with E-state index < -0.39 is 23.7 Å². The lowest BCUT2D eigenvalue weighted by atomic mass is 9.84. The summed E-state index contributed by atoms with van der Waals surface area (Å²) in [5, 5.41) is 9.48. The van der Waals surface area contributed by atoms with Crippen molar-refractivity contribution < 1.29 is 23.8 Å². The summed E-state index contributed by atoms with van der Waals surface area (Å²) in [5.74, 6) is -2.12. The minimum Gasteiger partial charge on any atom is -0.494 e. The molecule has 23 heavy (non-hydrogen) atoms. The van der Waals surface area contributed by atoms with E-state index in [4.69, 9.17) is 4.74 Å². The van der Waals surface area contributed by atoms with Crippen LogP contribution in [0.25, 0.3) is 0 Å². The number of hydrogen-bond acceptors (Lipinski definition) is 3. The summed E-state index contributed by atoms with van der Waals surface area (Å²) in [6, 6.07) is 3.38. The third-order valence-corrected chi connectivity index (χ3v) is 5.02. The van der Waals surface area contributed by atoms with E-state index in [1.165, 1.54) is 24.1 Å². The summed E-state index contributed by atoms with van der Waals surface area (Å²) >= 11 is 0. The van der Waals surface area contributed by atoms with Crippen LogP contribution in [0.15, 0.2) is 18.2 Å². The Balaban J connectivity index is 1.97. The van der Waals surface area contributed by atoms with Gasteiger partial charge in [-0.2, -0.15) is 0 Å². The zero-order chi connectivity index (χ0) is 16.6. The maximum atomic E-state index is 14.4. The highest BCUT2D eigenvalue weighted by atomic mass is 19.1. The van der Waals surface area contributed by atoms with Gasteiger partial charge in [-0.05, 0) is 37.3 Å². The molecule has 0 unspecified atom stereocenters. The van der Waals surface area contributed by atoms with Crippen molar-refractivity contribution in [3.8, 4) is 5.75 Å². The van der Waals surface area contributed by atoms with Gasteiger partial charge in [0.05, 0.1) is 12.7 Å². The maximum Gasteiger partial charge on any atom is 0.326 e. The molecule has 3 atom stereocenters. The van der Waals surface area contributed by atoms with Crippen LogP contribution in [0.2, 0.25) is 0 Å². The summed E-state index contributed by atoms with van der Waals surface area (Å²) in [7, 11) is 1.33. The van der Waals surface area contributed by atoms with Crippen LogP contribution < -0.4 is 4.74 Å². The first-order valence-corrected chi connectivity index (χ1v) is 7.92. The number of hydrogen-bond donors (Lipinski definition) is 1. The lowest BCUT2D eigenvalue weighted by molar-refractivity contribution is -0.141. The van der Waals surface area contributed by atoms with Crippen molar-refractivity contribution in [3.05, 3.63) is 29.6 Å². The second-order valence-electron chi connectivity index (χ2n) is 6.24. The molecule has 2 aliphatic rings. The Morgan fingerprint density at radius 2 is 2.04 bits per heavy atom. The summed E-state index contributed by atoms with van der Waals surface area (Å²) in [4.78, 5) is 25.9. The molecule has 6 heteroatoms. The highest BCUT2D eigenvalue weighted by Gasteiger charge is 2.48. The van der Waals surface area contributed by atoms with E-state index in [1.807, 2.05) is 0 Å². The van der Waals surface area contributed by atoms with Crippen LogP contribution in [-0.4, -0.2) is 41.1 Å². The van der Waals surface area contributed by atoms with Crippen molar-refractivity contribution in [1.82, 2.24) is 4.90 Å². The summed E-state index contributed by atoms with van der Waals surface area (Å²) in [5.41, 5.74) is -0.123. The minimum absolute atomic E-state index is 0.0119. The number of carboxylic acid groups (broad SMARTS) is 1. The van der Waals surface area contributed by atoms with Crippen molar-refractivity contribution in [1.29, 1.82) is 0 Å². The Kier molecular flexibility index (Phi) is 4.24. The van der Waals surface area contributed by atoms with E-state index in [1.54, 1.807) is 6.07 Å². The Morgan fingerprint density at radius 1 is 1.30 bits per heavy atom. The zero-order valence-corrected chi connectivity index (χ0v) is 13.0. The van der Waals surface area contributed by atoms with Gasteiger partial charge in [0.1, 0.15) is 6.04 Å². The number of benzene rings is 1. The van der Waals surface area contributed by atoms with Crippen LogP contribution in [0.3, 0.4) is 0 Å². The molecule has 1 amide bonds. The fraction of sp³-hybridized carbons (Fsp3) is 0.529. The molecule has 1 saturated carbocycles. The quantitative estimate of drug-likeness (QED) is 0.929. The largest absolute Gasteiger partial charge is 0.494 e. The highest BCUT2D eigenvalue weighted by molar-refractivity contribution is 5.98. The minimum atomic E-state index is -1.02. The van der Waals surface area contributed by atoms with Gasteiger partial charge in [0, 0.05) is 6.04 Å². The molecule has 124 valence electrons. The van der Waals surface area contributed by atoms with Gasteiger partial charge in [-0.3, -0.25) is 4.79 Å². The lowest BCUT2D eigenvalue weighted by Gasteiger charge is -2.33. The average Bonchev–Trinajstić information content (AvgIpc) is 2.94. The van der Waals surface area contributed by atoms with Gasteiger partial charge in [0.2, 0.25) is 0 Å². The monoisotopic (exact) mass is 321 g/mol. The predicted octanol–water partition coefficient (Wildman–Crippen LogP) is 2.69. The third kappa shape index (κ3) is 2.66. The van der Waals surface area contributed by atoms with E-state index in [2.05, 4.69) is 0 Å². The predicted molar refractivity (Wildman–Crippen MR) is 80.9 cm³/mol. The number of fused-ring (bicyclic) bond motifs is 1. The molecule has 0 bridgehead atoms. The highest BCUT2D eigenvalue weighted by Crippen LogP contribution is 2.41. The molecule has 0 spiro atoms. The topological polar surface area (TPSA) is 66.8 Å². The van der Waals surface area contributed by atoms with E-state index in [0.29, 0.717) is 6.42 Å². The molecule has 1 aromatic carbocycles. The normalized spacial score (nSPS) is 26.7. The summed E-state index contributed by atoms with van der Waals surface area (Å²) in [6.07, 6.45) is 4.20. The van der Waals surface area contributed by atoms with Crippen LogP contribution in [0.4, 0.5) is 4.39 Å². The lowest BCUT2D eigenvalue weighted by Crippen LogP contribution is -2.46. The number of amides is 1. The standard InChI is InChI=1S/C17H20FNO4/c1-23-14-8-4-6-11(15(14)18)16(20)19-12-7-3-2-5-10(12)9-13(19)17(21)22/h4,6,8,10,12-13H,2-3,5,7,9H2,1H3,(H,21,22)/t10-,12+,13-/m0/s1. The average molecular weight is 321 g/mol. The van der Waals surface area contributed by atoms with Gasteiger partial charge in [-0.1, -0.05) is 18.9 Å². The third-order valence-electron chi connectivity index (χ3n) is 5.02. The number of ether oxygens (including phenoxy) is 1. The molecule has 1 heterocycles. The molecule has 1 saturated heterocycles. The van der Waals surface area contributed by atoms with Crippen molar-refractivity contribution in [2.75, 3.05) is 7.11 Å². The number of carbonyl (C=O) groups is 2. The number of likely N-dealkylation sites (tertiary alicyclic amines) is 1. The first kappa shape index (κ1) is 15.8. The Labute approximate surface area is 134 Å². The SMILES string of the molecule is COc1cccc(C(=O)N2[C@@H]3CCCC[C@H]3C[C@H]2C(=O)O)c1F. The van der Waals surface area contributed by atoms with Crippen molar-refractivity contribution in [2.45, 2.75) is 44.2 Å². The first-order chi connectivity index (χ1) is 11.0. The molecule has 1 aliphatic carbocycles. The van der Waals surface area contributed by atoms with Gasteiger partial charge >= 0.3 is 5.97 Å². The fourth-order valence-corrected chi connectivity index (χ4v) is 3.95. The smallest absolute Gasteiger partial charge is 0.326 e. The molecular weight excluding hydrogens is 301 g/mol. The van der Waals surface area contributed by atoms with Crippen molar-refractivity contribution in [3.63, 3.8) is 0 Å². The van der Waals surface area contributed by atoms with E-state index in [0.717, 1.165) is 25.7 Å². The van der Waals surface area contributed by atoms with Crippen LogP contribution >= 0.6 is 0 Å². The second kappa shape index (κ2) is 6.18. The van der Waals surface area contributed by atoms with Gasteiger partial charge < -0.3 is 14.7 Å². The number of rotatable bonds is 3. The maximum absolute atomic E-state index is 14.4. The van der Waals surface area contributed by atoms with Gasteiger partial charge in [0.25, 0.3) is 5.91 Å². The number of halogens is 1. The number of carbonyl (C=O) groups excluding carboxylic acids is 1. The molecule has 1 N–H and O–H groups in total. The van der Waals surface area contributed by atoms with Crippen molar-refractivity contribution in [2.24, 2.45) is 5.92 Å². The van der Waals surface area contributed by atoms with Gasteiger partial charge in [-0.25, -0.2) is 9.18 Å². The number of carboxylic acids is 1. The summed E-state index contributed by atoms with van der Waals surface area (Å²) < 4.78 is 19.3. The summed E-state index contributed by atoms with van der Waals surface area (Å²) in [6.45, 7) is 0. The van der Waals surface area contributed by atoms with Gasteiger partial charge in [-0.15, -0.1) is 0 Å². The second-order valence-corrected chi connectivity index (χ2v) is 6.24. The van der Waals surface area contributed by atoms with Crippen molar-refractivity contribution >= 4 is 11.9 Å². The van der Waals surface area contributed by atoms with Crippen LogP contribution in [0.1, 0.15) is 42.5 Å². The molecule has 1 aliphatic heterocycles. The van der Waals surface area contributed by atoms with Crippen LogP contribution in [-0.2, 0) is 4.79 Å². The van der Waals surface area contributed by atoms with Crippen LogP contribution in [0, 0.1) is 11.7 Å². The molecule has 5 nitrogen and oxygen atoms in total. The molecule has 3 rings (SSSR count). The Morgan fingerprint density at radius 3 is 2.74 bits per heavy atom. The molecule has 0 radical (unpaired) electrons. The van der Waals surface area contributed by atoms with E-state index in [-0.39, 0.29) is 23.3 Å². The number of aliphatic carboxylic acids is 1. The molecule has 0 aromatic heterocycles. The Bertz CT molecular complexity index is 633. The first-order valence-electron chi connectivity index (χ1n) is 7.92. The zero-order valence-electron chi connectivity index (χ0n) is 13.0. The Hall–Kier alpha value is -2.11. The van der Waals surface area contributed by atoms with Gasteiger partial charge in [0.15, 0.2) is 11.6 Å². The number of methoxy groups -OCH3 is 1. The van der Waals surface area contributed by atoms with E-state index in [9.17, 15) is 19.1 Å². The number of nitrogens with zero attached hydrogens (tertiary/aromatic N) is 1. The van der Waals surface area contributed by atoms with Crippen LogP contribution in [0.5, 0.6) is 5.75 Å². The fourth-order valence-electron chi connectivity index (χ4n) is 3.95. The van der Waals surface area contributed by atoms with E-state index >= 15 is 0 Å². The molecular formula is C17H20FNO4. The molecule has 1 aromatic rings. The molecule has 2 fully saturated rings.